The van der Waals surface area contributed by atoms with Gasteiger partial charge in [-0.25, -0.2) is 0 Å². The van der Waals surface area contributed by atoms with Crippen LogP contribution >= 0.6 is 0 Å². The highest BCUT2D eigenvalue weighted by Gasteiger charge is 2.33. The van der Waals surface area contributed by atoms with Gasteiger partial charge in [-0.15, -0.1) is 0 Å². The standard InChI is InChI=1S/C116H98N4/c1-111(2,3)69-37-33-67(34-38-69)103-88-58-84-94-56-74(115(13,14)15)54-92-82-52-72(42-49-97(82)118(108(92)94)102(84)62-90(88)104(68-35-39-70(40-36-68)112(4,5)6)87-57-83-93-55-73(114(10,11)12)53-91-81-51-71(113(7,8)9)41-48-96(81)117(107(91)93)101(83)61-89(87)103)116(16,17)63-64-32-43-80-98(50-64)120-100-60-85-77-46-44-75(65-26-20-18-21-27-65)105-79-30-24-25-31-95(79)119(109(77)105)99(85)59-86(100)78-47-45-76(106(80)110(78)120)66-28-22-19-23-29-66/h18-62H,63H2,1-17H3. The monoisotopic (exact) mass is 1550 g/mol. The molecule has 4 nitrogen and oxygen atoms in total. The van der Waals surface area contributed by atoms with E-state index in [1.165, 1.54) is 257 Å². The van der Waals surface area contributed by atoms with Crippen LogP contribution in [0.2, 0.25) is 0 Å². The lowest BCUT2D eigenvalue weighted by Crippen LogP contribution is -2.20. The third kappa shape index (κ3) is 9.88. The SMILES string of the molecule is CC(C)(C)c1ccc(-c2c3cc4c5cc(C(C)(C)C)cc6c7cc(C(C)(C)Cc8ccc9c%10c(-c%11ccccc%11)ccc%11c%12cc%13c(cc%12n(c9c8)c%11%10)c8ccc(-c9ccccc9)c9c%10ccccc%10n%13c89)ccc7n(c4cc3c(-c3ccc(C(C)(C)C)cc3)c3cc4c7cc(C(C)(C)C)cc8c9cc(C(C)(C)C)ccc9n(c4cc23)c87)c65)cc1. The van der Waals surface area contributed by atoms with Crippen LogP contribution in [0.3, 0.4) is 0 Å². The Morgan fingerprint density at radius 2 is 0.508 bits per heavy atom. The second-order valence-corrected chi connectivity index (χ2v) is 41.4. The van der Waals surface area contributed by atoms with Gasteiger partial charge in [-0.05, 0) is 241 Å². The van der Waals surface area contributed by atoms with E-state index in [2.05, 4.69) is 408 Å². The molecule has 120 heavy (non-hydrogen) atoms. The molecular weight excluding hydrogens is 1450 g/mol. The first-order valence-corrected chi connectivity index (χ1v) is 43.5. The molecule has 0 N–H and O–H groups in total. The topological polar surface area (TPSA) is 17.6 Å². The minimum absolute atomic E-state index is 0.00655. The summed E-state index contributed by atoms with van der Waals surface area (Å²) in [6.07, 6.45) is 0.845. The minimum Gasteiger partial charge on any atom is -0.308 e. The fourth-order valence-corrected chi connectivity index (χ4v) is 22.0. The van der Waals surface area contributed by atoms with Crippen LogP contribution < -0.4 is 0 Å². The van der Waals surface area contributed by atoms with Gasteiger partial charge in [0.1, 0.15) is 0 Å². The molecule has 0 saturated carbocycles. The van der Waals surface area contributed by atoms with Crippen molar-refractivity contribution in [2.45, 2.75) is 157 Å². The van der Waals surface area contributed by atoms with Gasteiger partial charge in [0.25, 0.3) is 0 Å². The number of para-hydroxylation sites is 1. The predicted molar refractivity (Wildman–Crippen MR) is 519 cm³/mol. The maximum atomic E-state index is 2.66. The Balaban J connectivity index is 0.725. The van der Waals surface area contributed by atoms with Gasteiger partial charge in [0.2, 0.25) is 0 Å². The average molecular weight is 1550 g/mol. The van der Waals surface area contributed by atoms with E-state index in [1.54, 1.807) is 0 Å². The molecule has 8 heterocycles. The first-order valence-electron chi connectivity index (χ1n) is 43.5. The highest BCUT2D eigenvalue weighted by molar-refractivity contribution is 6.35. The fraction of sp³-hybridized carbons (Fsp3) is 0.207. The second-order valence-electron chi connectivity index (χ2n) is 41.4. The summed E-state index contributed by atoms with van der Waals surface area (Å²) in [6.45, 7) is 40.3. The zero-order chi connectivity index (χ0) is 82.0. The minimum atomic E-state index is -0.270. The van der Waals surface area contributed by atoms with Crippen molar-refractivity contribution in [2.24, 2.45) is 0 Å². The number of rotatable bonds is 7. The Labute approximate surface area is 699 Å². The molecule has 4 heteroatoms. The summed E-state index contributed by atoms with van der Waals surface area (Å²) in [5, 5.41) is 25.8. The summed E-state index contributed by atoms with van der Waals surface area (Å²) >= 11 is 0. The van der Waals surface area contributed by atoms with E-state index in [9.17, 15) is 0 Å². The van der Waals surface area contributed by atoms with E-state index < -0.39 is 0 Å². The lowest BCUT2D eigenvalue weighted by Gasteiger charge is -2.26. The van der Waals surface area contributed by atoms with Crippen molar-refractivity contribution in [3.8, 4) is 44.5 Å². The van der Waals surface area contributed by atoms with Crippen LogP contribution in [0.4, 0.5) is 0 Å². The third-order valence-corrected chi connectivity index (χ3v) is 28.4. The van der Waals surface area contributed by atoms with E-state index in [1.807, 2.05) is 0 Å². The van der Waals surface area contributed by atoms with Gasteiger partial charge >= 0.3 is 0 Å². The first kappa shape index (κ1) is 71.4. The second kappa shape index (κ2) is 23.8. The highest BCUT2D eigenvalue weighted by atomic mass is 14.9. The Bertz CT molecular complexity index is 8530. The van der Waals surface area contributed by atoms with Gasteiger partial charge in [-0.3, -0.25) is 0 Å². The zero-order valence-corrected chi connectivity index (χ0v) is 72.0. The van der Waals surface area contributed by atoms with Crippen LogP contribution in [0.1, 0.15) is 157 Å². The highest BCUT2D eigenvalue weighted by Crippen LogP contribution is 2.55. The lowest BCUT2D eigenvalue weighted by atomic mass is 9.78. The van der Waals surface area contributed by atoms with Crippen LogP contribution in [0.25, 0.3) is 218 Å². The molecule has 0 spiro atoms. The Morgan fingerprint density at radius 3 is 0.950 bits per heavy atom. The van der Waals surface area contributed by atoms with E-state index in [0.717, 1.165) is 6.42 Å². The molecule has 582 valence electrons. The zero-order valence-electron chi connectivity index (χ0n) is 72.0. The van der Waals surface area contributed by atoms with E-state index >= 15 is 0 Å². The Morgan fingerprint density at radius 1 is 0.192 bits per heavy atom. The summed E-state index contributed by atoms with van der Waals surface area (Å²) in [6, 6.07) is 108. The van der Waals surface area contributed by atoms with Crippen molar-refractivity contribution in [2.75, 3.05) is 0 Å². The molecule has 0 fully saturated rings. The van der Waals surface area contributed by atoms with Crippen LogP contribution in [0, 0.1) is 0 Å². The smallest absolute Gasteiger partial charge is 0.0626 e. The number of fused-ring (bicyclic) bond motifs is 26. The van der Waals surface area contributed by atoms with E-state index in [-0.39, 0.29) is 32.5 Å². The maximum Gasteiger partial charge on any atom is 0.0626 e. The molecule has 8 aromatic heterocycles. The summed E-state index contributed by atoms with van der Waals surface area (Å²) < 4.78 is 10.5. The Hall–Kier alpha value is -12.8. The van der Waals surface area contributed by atoms with Gasteiger partial charge < -0.3 is 17.6 Å². The van der Waals surface area contributed by atoms with Crippen molar-refractivity contribution < 1.29 is 0 Å². The molecule has 0 bridgehead atoms. The molecule has 0 aliphatic heterocycles. The Kier molecular flexibility index (Phi) is 14.2. The number of hydrogen-bond donors (Lipinski definition) is 0. The largest absolute Gasteiger partial charge is 0.308 e. The fourth-order valence-electron chi connectivity index (χ4n) is 22.0. The van der Waals surface area contributed by atoms with Crippen LogP contribution in [0.15, 0.2) is 273 Å². The molecule has 0 atom stereocenters. The van der Waals surface area contributed by atoms with Gasteiger partial charge in [-0.1, -0.05) is 294 Å². The molecule has 0 aliphatic carbocycles. The molecule has 0 amide bonds. The summed E-state index contributed by atoms with van der Waals surface area (Å²) in [7, 11) is 0. The predicted octanol–water partition coefficient (Wildman–Crippen LogP) is 32.3. The van der Waals surface area contributed by atoms with Crippen molar-refractivity contribution in [3.05, 3.63) is 312 Å². The average Bonchev–Trinajstić information content (AvgIpc) is 1.50. The molecule has 0 unspecified atom stereocenters. The van der Waals surface area contributed by atoms with Crippen molar-refractivity contribution in [3.63, 3.8) is 0 Å². The van der Waals surface area contributed by atoms with E-state index in [0.29, 0.717) is 0 Å². The van der Waals surface area contributed by atoms with Gasteiger partial charge in [0.05, 0.1) is 66.2 Å². The number of hydrogen-bond acceptors (Lipinski definition) is 0. The molecular formula is C116H98N4. The molecule has 16 aromatic carbocycles. The van der Waals surface area contributed by atoms with Crippen LogP contribution in [0.5, 0.6) is 0 Å². The van der Waals surface area contributed by atoms with Gasteiger partial charge in [0, 0.05) is 86.2 Å². The third-order valence-electron chi connectivity index (χ3n) is 28.4. The molecule has 0 radical (unpaired) electrons. The van der Waals surface area contributed by atoms with Crippen molar-refractivity contribution in [1.29, 1.82) is 0 Å². The summed E-state index contributed by atoms with van der Waals surface area (Å²) in [5.74, 6) is 0. The van der Waals surface area contributed by atoms with Crippen molar-refractivity contribution in [1.82, 2.24) is 17.6 Å². The molecule has 24 rings (SSSR count). The summed E-state index contributed by atoms with van der Waals surface area (Å²) in [5.41, 5.74) is 33.9. The summed E-state index contributed by atoms with van der Waals surface area (Å²) in [4.78, 5) is 0. The van der Waals surface area contributed by atoms with Crippen LogP contribution in [-0.2, 0) is 38.9 Å². The maximum absolute atomic E-state index is 2.66. The number of benzene rings is 16. The van der Waals surface area contributed by atoms with E-state index in [4.69, 9.17) is 0 Å². The number of nitrogens with zero attached hydrogens (tertiary/aromatic N) is 4. The first-order chi connectivity index (χ1) is 57.4. The molecule has 24 aromatic rings. The van der Waals surface area contributed by atoms with Crippen LogP contribution in [-0.4, -0.2) is 17.6 Å². The number of aromatic nitrogens is 4. The lowest BCUT2D eigenvalue weighted by molar-refractivity contribution is 0.523. The molecule has 0 aliphatic rings. The van der Waals surface area contributed by atoms with Gasteiger partial charge in [0.15, 0.2) is 0 Å². The van der Waals surface area contributed by atoms with Gasteiger partial charge in [-0.2, -0.15) is 0 Å². The normalized spacial score (nSPS) is 13.6. The molecule has 0 saturated heterocycles. The van der Waals surface area contributed by atoms with Crippen molar-refractivity contribution >= 4 is 174 Å². The quantitative estimate of drug-likeness (QED) is 0.142.